The first-order valence-electron chi connectivity index (χ1n) is 6.73. The highest BCUT2D eigenvalue weighted by molar-refractivity contribution is 5.30. The molecule has 0 aliphatic rings. The molecule has 0 aliphatic heterocycles. The van der Waals surface area contributed by atoms with E-state index >= 15 is 0 Å². The Balaban J connectivity index is 1.89. The zero-order chi connectivity index (χ0) is 13.5. The molecule has 1 N–H and O–H groups in total. The van der Waals surface area contributed by atoms with Crippen molar-refractivity contribution in [3.8, 4) is 5.75 Å². The Labute approximate surface area is 115 Å². The molecular weight excluding hydrogens is 234 g/mol. The molecule has 2 nitrogen and oxygen atoms in total. The van der Waals surface area contributed by atoms with Gasteiger partial charge in [-0.05, 0) is 37.2 Å². The van der Waals surface area contributed by atoms with Crippen LogP contribution in [0.2, 0.25) is 0 Å². The summed E-state index contributed by atoms with van der Waals surface area (Å²) in [4.78, 5) is 0. The zero-order valence-electron chi connectivity index (χ0n) is 11.6. The van der Waals surface area contributed by atoms with Crippen LogP contribution in [0.25, 0.3) is 0 Å². The summed E-state index contributed by atoms with van der Waals surface area (Å²) in [5, 5.41) is 3.23. The molecule has 1 unspecified atom stereocenters. The second-order valence-corrected chi connectivity index (χ2v) is 4.67. The largest absolute Gasteiger partial charge is 0.493 e. The lowest BCUT2D eigenvalue weighted by Crippen LogP contribution is -2.12. The molecule has 19 heavy (non-hydrogen) atoms. The normalized spacial score (nSPS) is 12.1. The number of hydrogen-bond donors (Lipinski definition) is 1. The van der Waals surface area contributed by atoms with Crippen molar-refractivity contribution >= 4 is 0 Å². The van der Waals surface area contributed by atoms with Gasteiger partial charge >= 0.3 is 0 Å². The van der Waals surface area contributed by atoms with Crippen LogP contribution in [-0.2, 0) is 6.42 Å². The average Bonchev–Trinajstić information content (AvgIpc) is 2.48. The minimum Gasteiger partial charge on any atom is -0.493 e. The van der Waals surface area contributed by atoms with Crippen molar-refractivity contribution in [2.75, 3.05) is 13.7 Å². The average molecular weight is 255 g/mol. The summed E-state index contributed by atoms with van der Waals surface area (Å²) in [7, 11) is 1.97. The van der Waals surface area contributed by atoms with Crippen LogP contribution >= 0.6 is 0 Å². The van der Waals surface area contributed by atoms with E-state index in [1.807, 2.05) is 25.2 Å². The smallest absolute Gasteiger partial charge is 0.119 e. The number of ether oxygens (including phenoxy) is 1. The lowest BCUT2D eigenvalue weighted by Gasteiger charge is -2.12. The summed E-state index contributed by atoms with van der Waals surface area (Å²) in [6.45, 7) is 2.85. The summed E-state index contributed by atoms with van der Waals surface area (Å²) in [5.74, 6) is 0.940. The second-order valence-electron chi connectivity index (χ2n) is 4.67. The number of rotatable bonds is 6. The molecule has 0 saturated heterocycles. The molecule has 0 heterocycles. The minimum atomic E-state index is 0.345. The van der Waals surface area contributed by atoms with Gasteiger partial charge in [-0.25, -0.2) is 0 Å². The third-order valence-electron chi connectivity index (χ3n) is 3.29. The van der Waals surface area contributed by atoms with Gasteiger partial charge in [0.25, 0.3) is 0 Å². The predicted octanol–water partition coefficient (Wildman–Crippen LogP) is 3.59. The van der Waals surface area contributed by atoms with E-state index in [0.717, 1.165) is 12.2 Å². The summed E-state index contributed by atoms with van der Waals surface area (Å²) < 4.78 is 5.82. The van der Waals surface area contributed by atoms with E-state index in [9.17, 15) is 0 Å². The lowest BCUT2D eigenvalue weighted by molar-refractivity contribution is 0.321. The standard InChI is InChI=1S/C17H21NO/c1-14(18-2)16-9-6-10-17(13-16)19-12-11-15-7-4-3-5-8-15/h3-10,13-14,18H,11-12H2,1-2H3. The van der Waals surface area contributed by atoms with Gasteiger partial charge in [0.2, 0.25) is 0 Å². The molecule has 0 amide bonds. The van der Waals surface area contributed by atoms with Gasteiger partial charge in [0.15, 0.2) is 0 Å². The lowest BCUT2D eigenvalue weighted by atomic mass is 10.1. The van der Waals surface area contributed by atoms with Gasteiger partial charge in [0, 0.05) is 12.5 Å². The van der Waals surface area contributed by atoms with Crippen LogP contribution in [0, 0.1) is 0 Å². The van der Waals surface area contributed by atoms with E-state index in [2.05, 4.69) is 48.6 Å². The summed E-state index contributed by atoms with van der Waals surface area (Å²) in [6.07, 6.45) is 0.937. The monoisotopic (exact) mass is 255 g/mol. The molecular formula is C17H21NO. The van der Waals surface area contributed by atoms with Gasteiger partial charge in [-0.3, -0.25) is 0 Å². The summed E-state index contributed by atoms with van der Waals surface area (Å²) in [5.41, 5.74) is 2.56. The van der Waals surface area contributed by atoms with Crippen LogP contribution in [0.4, 0.5) is 0 Å². The van der Waals surface area contributed by atoms with Gasteiger partial charge in [0.05, 0.1) is 6.61 Å². The number of nitrogens with one attached hydrogen (secondary N) is 1. The Morgan fingerprint density at radius 3 is 2.58 bits per heavy atom. The first-order chi connectivity index (χ1) is 9.29. The fourth-order valence-corrected chi connectivity index (χ4v) is 1.97. The molecule has 2 rings (SSSR count). The molecule has 0 radical (unpaired) electrons. The first kappa shape index (κ1) is 13.6. The van der Waals surface area contributed by atoms with E-state index in [1.54, 1.807) is 0 Å². The molecule has 0 saturated carbocycles. The second kappa shape index (κ2) is 6.95. The maximum atomic E-state index is 5.82. The van der Waals surface area contributed by atoms with Crippen LogP contribution in [0.15, 0.2) is 54.6 Å². The highest BCUT2D eigenvalue weighted by atomic mass is 16.5. The van der Waals surface area contributed by atoms with Crippen molar-refractivity contribution in [3.05, 3.63) is 65.7 Å². The molecule has 1 atom stereocenters. The van der Waals surface area contributed by atoms with E-state index in [-0.39, 0.29) is 0 Å². The SMILES string of the molecule is CNC(C)c1cccc(OCCc2ccccc2)c1. The zero-order valence-corrected chi connectivity index (χ0v) is 11.6. The van der Waals surface area contributed by atoms with E-state index in [0.29, 0.717) is 12.6 Å². The highest BCUT2D eigenvalue weighted by Crippen LogP contribution is 2.18. The van der Waals surface area contributed by atoms with Gasteiger partial charge in [-0.1, -0.05) is 42.5 Å². The number of benzene rings is 2. The Bertz CT molecular complexity index is 496. The maximum absolute atomic E-state index is 5.82. The van der Waals surface area contributed by atoms with Crippen molar-refractivity contribution in [2.45, 2.75) is 19.4 Å². The van der Waals surface area contributed by atoms with Crippen LogP contribution in [0.3, 0.4) is 0 Å². The molecule has 100 valence electrons. The van der Waals surface area contributed by atoms with Gasteiger partial charge in [0.1, 0.15) is 5.75 Å². The maximum Gasteiger partial charge on any atom is 0.119 e. The molecule has 2 aromatic carbocycles. The quantitative estimate of drug-likeness (QED) is 0.851. The van der Waals surface area contributed by atoms with Gasteiger partial charge < -0.3 is 10.1 Å². The fourth-order valence-electron chi connectivity index (χ4n) is 1.97. The van der Waals surface area contributed by atoms with Crippen molar-refractivity contribution in [2.24, 2.45) is 0 Å². The number of hydrogen-bond acceptors (Lipinski definition) is 2. The molecule has 2 heteroatoms. The summed E-state index contributed by atoms with van der Waals surface area (Å²) in [6, 6.07) is 19.0. The third-order valence-corrected chi connectivity index (χ3v) is 3.29. The Hall–Kier alpha value is -1.80. The van der Waals surface area contributed by atoms with Crippen LogP contribution in [0.5, 0.6) is 5.75 Å². The predicted molar refractivity (Wildman–Crippen MR) is 79.6 cm³/mol. The molecule has 2 aromatic rings. The van der Waals surface area contributed by atoms with Gasteiger partial charge in [-0.2, -0.15) is 0 Å². The van der Waals surface area contributed by atoms with E-state index in [4.69, 9.17) is 4.74 Å². The molecule has 0 spiro atoms. The topological polar surface area (TPSA) is 21.3 Å². The molecule has 0 aliphatic carbocycles. The fraction of sp³-hybridized carbons (Fsp3) is 0.294. The van der Waals surface area contributed by atoms with E-state index < -0.39 is 0 Å². The van der Waals surface area contributed by atoms with Crippen LogP contribution < -0.4 is 10.1 Å². The van der Waals surface area contributed by atoms with Crippen molar-refractivity contribution in [3.63, 3.8) is 0 Å². The molecule has 0 aromatic heterocycles. The molecule has 0 bridgehead atoms. The Kier molecular flexibility index (Phi) is 4.99. The van der Waals surface area contributed by atoms with E-state index in [1.165, 1.54) is 11.1 Å². The van der Waals surface area contributed by atoms with Gasteiger partial charge in [-0.15, -0.1) is 0 Å². The van der Waals surface area contributed by atoms with Crippen LogP contribution in [0.1, 0.15) is 24.1 Å². The molecule has 0 fully saturated rings. The van der Waals surface area contributed by atoms with Crippen molar-refractivity contribution in [1.82, 2.24) is 5.32 Å². The highest BCUT2D eigenvalue weighted by Gasteiger charge is 2.03. The Morgan fingerprint density at radius 2 is 1.84 bits per heavy atom. The van der Waals surface area contributed by atoms with Crippen LogP contribution in [-0.4, -0.2) is 13.7 Å². The Morgan fingerprint density at radius 1 is 1.05 bits per heavy atom. The minimum absolute atomic E-state index is 0.345. The van der Waals surface area contributed by atoms with Crippen molar-refractivity contribution in [1.29, 1.82) is 0 Å². The van der Waals surface area contributed by atoms with Crippen molar-refractivity contribution < 1.29 is 4.74 Å². The summed E-state index contributed by atoms with van der Waals surface area (Å²) >= 11 is 0. The third kappa shape index (κ3) is 4.11. The first-order valence-corrected chi connectivity index (χ1v) is 6.73.